The van der Waals surface area contributed by atoms with E-state index in [0.29, 0.717) is 5.56 Å². The summed E-state index contributed by atoms with van der Waals surface area (Å²) in [6.07, 6.45) is 3.11. The smallest absolute Gasteiger partial charge is 0.272 e. The highest BCUT2D eigenvalue weighted by atomic mass is 127. The summed E-state index contributed by atoms with van der Waals surface area (Å²) in [4.78, 5) is 15.9. The number of nitrogens with one attached hydrogen (secondary N) is 1. The Morgan fingerprint density at radius 1 is 1.38 bits per heavy atom. The highest BCUT2D eigenvalue weighted by Gasteiger charge is 2.04. The predicted octanol–water partition coefficient (Wildman–Crippen LogP) is 2.77. The maximum absolute atomic E-state index is 11.8. The standard InChI is InChI=1S/C15H14IN3O2/c1-10-3-5-12(9-17-10)15(20)19-18-8-11-4-6-14(21-2)13(16)7-11/h3-9H,1-2H3,(H,19,20). The second-order valence-electron chi connectivity index (χ2n) is 4.28. The van der Waals surface area contributed by atoms with E-state index in [4.69, 9.17) is 4.74 Å². The van der Waals surface area contributed by atoms with E-state index in [1.54, 1.807) is 25.5 Å². The second-order valence-corrected chi connectivity index (χ2v) is 5.44. The van der Waals surface area contributed by atoms with Gasteiger partial charge >= 0.3 is 0 Å². The van der Waals surface area contributed by atoms with Crippen LogP contribution >= 0.6 is 22.6 Å². The molecule has 108 valence electrons. The van der Waals surface area contributed by atoms with Crippen LogP contribution in [0.2, 0.25) is 0 Å². The lowest BCUT2D eigenvalue weighted by Crippen LogP contribution is -2.17. The SMILES string of the molecule is COc1ccc(C=NNC(=O)c2ccc(C)nc2)cc1I. The van der Waals surface area contributed by atoms with Gasteiger partial charge in [-0.25, -0.2) is 5.43 Å². The van der Waals surface area contributed by atoms with E-state index < -0.39 is 0 Å². The first-order valence-corrected chi connectivity index (χ1v) is 7.27. The Kier molecular flexibility index (Phi) is 5.26. The summed E-state index contributed by atoms with van der Waals surface area (Å²) in [5, 5.41) is 3.94. The highest BCUT2D eigenvalue weighted by molar-refractivity contribution is 14.1. The van der Waals surface area contributed by atoms with Crippen LogP contribution in [-0.2, 0) is 0 Å². The minimum atomic E-state index is -0.290. The molecule has 1 heterocycles. The molecular formula is C15H14IN3O2. The number of hydrogen-bond acceptors (Lipinski definition) is 4. The molecule has 6 heteroatoms. The summed E-state index contributed by atoms with van der Waals surface area (Å²) in [5.74, 6) is 0.518. The first-order chi connectivity index (χ1) is 10.1. The van der Waals surface area contributed by atoms with E-state index in [2.05, 4.69) is 38.1 Å². The van der Waals surface area contributed by atoms with Crippen molar-refractivity contribution in [2.75, 3.05) is 7.11 Å². The van der Waals surface area contributed by atoms with Gasteiger partial charge in [0.15, 0.2) is 0 Å². The van der Waals surface area contributed by atoms with Crippen molar-refractivity contribution in [3.8, 4) is 5.75 Å². The van der Waals surface area contributed by atoms with Gasteiger partial charge in [0.05, 0.1) is 22.5 Å². The van der Waals surface area contributed by atoms with Gasteiger partial charge in [0.2, 0.25) is 0 Å². The Labute approximate surface area is 136 Å². The summed E-state index contributed by atoms with van der Waals surface area (Å²) in [7, 11) is 1.63. The number of pyridine rings is 1. The number of aromatic nitrogens is 1. The van der Waals surface area contributed by atoms with Crippen molar-refractivity contribution in [3.63, 3.8) is 0 Å². The van der Waals surface area contributed by atoms with Crippen LogP contribution in [0, 0.1) is 10.5 Å². The molecular weight excluding hydrogens is 381 g/mol. The zero-order chi connectivity index (χ0) is 15.2. The van der Waals surface area contributed by atoms with Crippen molar-refractivity contribution in [2.45, 2.75) is 6.92 Å². The molecule has 2 aromatic rings. The van der Waals surface area contributed by atoms with Crippen molar-refractivity contribution in [1.29, 1.82) is 0 Å². The fourth-order valence-corrected chi connectivity index (χ4v) is 2.35. The number of amides is 1. The Morgan fingerprint density at radius 2 is 2.19 bits per heavy atom. The maximum Gasteiger partial charge on any atom is 0.272 e. The lowest BCUT2D eigenvalue weighted by Gasteiger charge is -2.03. The number of nitrogens with zero attached hydrogens (tertiary/aromatic N) is 2. The van der Waals surface area contributed by atoms with Crippen molar-refractivity contribution >= 4 is 34.7 Å². The molecule has 21 heavy (non-hydrogen) atoms. The number of benzene rings is 1. The number of halogens is 1. The summed E-state index contributed by atoms with van der Waals surface area (Å²) in [6, 6.07) is 9.13. The lowest BCUT2D eigenvalue weighted by atomic mass is 10.2. The molecule has 0 unspecified atom stereocenters. The third-order valence-corrected chi connectivity index (χ3v) is 3.57. The van der Waals surface area contributed by atoms with Crippen LogP contribution in [0.5, 0.6) is 5.75 Å². The molecule has 0 aliphatic carbocycles. The minimum Gasteiger partial charge on any atom is -0.496 e. The molecule has 0 aliphatic heterocycles. The van der Waals surface area contributed by atoms with E-state index in [1.807, 2.05) is 25.1 Å². The average molecular weight is 395 g/mol. The molecule has 0 aliphatic rings. The van der Waals surface area contributed by atoms with Crippen molar-refractivity contribution in [3.05, 3.63) is 56.9 Å². The molecule has 5 nitrogen and oxygen atoms in total. The van der Waals surface area contributed by atoms with E-state index in [-0.39, 0.29) is 5.91 Å². The van der Waals surface area contributed by atoms with Crippen LogP contribution in [0.25, 0.3) is 0 Å². The third-order valence-electron chi connectivity index (χ3n) is 2.73. The number of methoxy groups -OCH3 is 1. The van der Waals surface area contributed by atoms with E-state index in [1.165, 1.54) is 6.20 Å². The monoisotopic (exact) mass is 395 g/mol. The van der Waals surface area contributed by atoms with Crippen LogP contribution in [0.1, 0.15) is 21.6 Å². The molecule has 1 aromatic carbocycles. The highest BCUT2D eigenvalue weighted by Crippen LogP contribution is 2.20. The number of hydrazone groups is 1. The van der Waals surface area contributed by atoms with Gasteiger partial charge in [-0.3, -0.25) is 9.78 Å². The zero-order valence-corrected chi connectivity index (χ0v) is 13.8. The molecule has 1 aromatic heterocycles. The molecule has 0 saturated carbocycles. The van der Waals surface area contributed by atoms with E-state index >= 15 is 0 Å². The predicted molar refractivity (Wildman–Crippen MR) is 89.7 cm³/mol. The molecule has 0 spiro atoms. The maximum atomic E-state index is 11.8. The van der Waals surface area contributed by atoms with Gasteiger partial charge in [0.1, 0.15) is 5.75 Å². The Balaban J connectivity index is 2.00. The van der Waals surface area contributed by atoms with Crippen LogP contribution < -0.4 is 10.2 Å². The topological polar surface area (TPSA) is 63.6 Å². The van der Waals surface area contributed by atoms with Crippen molar-refractivity contribution in [1.82, 2.24) is 10.4 Å². The average Bonchev–Trinajstić information content (AvgIpc) is 2.48. The Bertz CT molecular complexity index is 669. The van der Waals surface area contributed by atoms with Gasteiger partial charge in [-0.15, -0.1) is 0 Å². The molecule has 0 saturated heterocycles. The number of carbonyl (C=O) groups excluding carboxylic acids is 1. The van der Waals surface area contributed by atoms with Crippen LogP contribution in [-0.4, -0.2) is 24.2 Å². The quantitative estimate of drug-likeness (QED) is 0.492. The molecule has 0 fully saturated rings. The molecule has 2 rings (SSSR count). The fourth-order valence-electron chi connectivity index (χ4n) is 1.60. The first kappa shape index (κ1) is 15.4. The van der Waals surface area contributed by atoms with Crippen molar-refractivity contribution < 1.29 is 9.53 Å². The second kappa shape index (κ2) is 7.16. The summed E-state index contributed by atoms with van der Waals surface area (Å²) in [5.41, 5.74) is 4.69. The zero-order valence-electron chi connectivity index (χ0n) is 11.6. The molecule has 0 bridgehead atoms. The first-order valence-electron chi connectivity index (χ1n) is 6.20. The normalized spacial score (nSPS) is 10.6. The molecule has 1 amide bonds. The molecule has 0 atom stereocenters. The van der Waals surface area contributed by atoms with Crippen LogP contribution in [0.3, 0.4) is 0 Å². The minimum absolute atomic E-state index is 0.290. The van der Waals surface area contributed by atoms with Crippen molar-refractivity contribution in [2.24, 2.45) is 5.10 Å². The summed E-state index contributed by atoms with van der Waals surface area (Å²) < 4.78 is 6.16. The molecule has 1 N–H and O–H groups in total. The lowest BCUT2D eigenvalue weighted by molar-refractivity contribution is 0.0955. The number of hydrogen-bond donors (Lipinski definition) is 1. The number of carbonyl (C=O) groups is 1. The Hall–Kier alpha value is -1.96. The molecule has 0 radical (unpaired) electrons. The third kappa shape index (κ3) is 4.25. The summed E-state index contributed by atoms with van der Waals surface area (Å²) >= 11 is 2.18. The van der Waals surface area contributed by atoms with Crippen LogP contribution in [0.15, 0.2) is 41.6 Å². The van der Waals surface area contributed by atoms with Gasteiger partial charge < -0.3 is 4.74 Å². The van der Waals surface area contributed by atoms with E-state index in [9.17, 15) is 4.79 Å². The van der Waals surface area contributed by atoms with Gasteiger partial charge in [-0.2, -0.15) is 5.10 Å². The summed E-state index contributed by atoms with van der Waals surface area (Å²) in [6.45, 7) is 1.87. The Morgan fingerprint density at radius 3 is 2.81 bits per heavy atom. The van der Waals surface area contributed by atoms with Gasteiger partial charge in [-0.05, 0) is 65.4 Å². The van der Waals surface area contributed by atoms with E-state index in [0.717, 1.165) is 20.6 Å². The fraction of sp³-hybridized carbons (Fsp3) is 0.133. The van der Waals surface area contributed by atoms with Gasteiger partial charge in [-0.1, -0.05) is 0 Å². The number of ether oxygens (including phenoxy) is 1. The largest absolute Gasteiger partial charge is 0.496 e. The number of aryl methyl sites for hydroxylation is 1. The van der Waals surface area contributed by atoms with Gasteiger partial charge in [0.25, 0.3) is 5.91 Å². The number of rotatable bonds is 4. The van der Waals surface area contributed by atoms with Crippen LogP contribution in [0.4, 0.5) is 0 Å². The van der Waals surface area contributed by atoms with Gasteiger partial charge in [0, 0.05) is 11.9 Å².